The van der Waals surface area contributed by atoms with Crippen molar-refractivity contribution < 1.29 is 39.8 Å². The zero-order valence-electron chi connectivity index (χ0n) is 21.3. The number of methoxy groups -OCH3 is 1. The quantitative estimate of drug-likeness (QED) is 0.190. The van der Waals surface area contributed by atoms with Crippen molar-refractivity contribution in [3.63, 3.8) is 0 Å². The van der Waals surface area contributed by atoms with E-state index in [0.717, 1.165) is 0 Å². The molecule has 0 aliphatic rings. The molecular weight excluding hydrogens is 593 g/mol. The molecule has 8 nitrogen and oxygen atoms in total. The van der Waals surface area contributed by atoms with Crippen LogP contribution in [0.3, 0.4) is 0 Å². The predicted molar refractivity (Wildman–Crippen MR) is 148 cm³/mol. The Morgan fingerprint density at radius 3 is 1.70 bits per heavy atom. The van der Waals surface area contributed by atoms with Gasteiger partial charge in [-0.1, -0.05) is 54.6 Å². The fraction of sp³-hybridized carbons (Fsp3) is 0.0667. The minimum absolute atomic E-state index is 0. The molecule has 0 aliphatic carbocycles. The van der Waals surface area contributed by atoms with E-state index < -0.39 is 13.2 Å². The third kappa shape index (κ3) is 5.13. The lowest BCUT2D eigenvalue weighted by molar-refractivity contribution is -0.0000239. The number of oxazole rings is 3. The van der Waals surface area contributed by atoms with E-state index in [1.165, 1.54) is 41.8 Å². The minimum atomic E-state index is -2.18. The highest BCUT2D eigenvalue weighted by Crippen LogP contribution is 2.58. The van der Waals surface area contributed by atoms with Gasteiger partial charge in [-0.05, 0) is 36.4 Å². The van der Waals surface area contributed by atoms with Crippen LogP contribution in [0.4, 0.5) is 0 Å². The van der Waals surface area contributed by atoms with Crippen molar-refractivity contribution in [3.05, 3.63) is 121 Å². The maximum atomic E-state index is 11.7. The van der Waals surface area contributed by atoms with Crippen molar-refractivity contribution in [1.82, 2.24) is 15.0 Å². The second-order valence-electron chi connectivity index (χ2n) is 8.67. The molecule has 0 fully saturated rings. The fourth-order valence-electron chi connectivity index (χ4n) is 4.53. The SMILES string of the molecule is COC(=O)c1coc(-c2coc(-c3coc(C[P+](c4ccccc4)(c4ccccc4)c4ccccc4)n3)n2)n1.[Br-]. The Morgan fingerprint density at radius 2 is 1.15 bits per heavy atom. The van der Waals surface area contributed by atoms with Gasteiger partial charge in [0, 0.05) is 0 Å². The first-order valence-corrected chi connectivity index (χ1v) is 14.1. The zero-order valence-corrected chi connectivity index (χ0v) is 23.8. The van der Waals surface area contributed by atoms with E-state index in [0.29, 0.717) is 23.4 Å². The van der Waals surface area contributed by atoms with Gasteiger partial charge in [0.1, 0.15) is 48.1 Å². The highest BCUT2D eigenvalue weighted by molar-refractivity contribution is 7.95. The number of carbonyl (C=O) groups is 1. The molecule has 0 unspecified atom stereocenters. The monoisotopic (exact) mass is 615 g/mol. The summed E-state index contributed by atoms with van der Waals surface area (Å²) in [4.78, 5) is 25.0. The van der Waals surface area contributed by atoms with Gasteiger partial charge in [0.05, 0.1) is 7.11 Å². The topological polar surface area (TPSA) is 104 Å². The summed E-state index contributed by atoms with van der Waals surface area (Å²) in [6, 6.07) is 31.6. The average molecular weight is 616 g/mol. The first-order chi connectivity index (χ1) is 19.2. The molecule has 3 aromatic heterocycles. The van der Waals surface area contributed by atoms with Gasteiger partial charge in [0.25, 0.3) is 0 Å². The molecule has 6 aromatic rings. The number of hydrogen-bond donors (Lipinski definition) is 0. The zero-order chi connectivity index (χ0) is 26.7. The van der Waals surface area contributed by atoms with E-state index in [9.17, 15) is 4.79 Å². The second kappa shape index (κ2) is 11.8. The summed E-state index contributed by atoms with van der Waals surface area (Å²) >= 11 is 0. The normalized spacial score (nSPS) is 11.1. The molecule has 0 N–H and O–H groups in total. The minimum Gasteiger partial charge on any atom is -1.00 e. The second-order valence-corrected chi connectivity index (χ2v) is 12.2. The van der Waals surface area contributed by atoms with E-state index in [2.05, 4.69) is 87.5 Å². The number of rotatable bonds is 8. The van der Waals surface area contributed by atoms with E-state index >= 15 is 0 Å². The molecule has 0 spiro atoms. The molecule has 6 rings (SSSR count). The average Bonchev–Trinajstić information content (AvgIpc) is 3.78. The standard InChI is InChI=1S/C30H23N3O5P.BrH/c1-35-30(34)26-19-38-29(33-26)25-18-37-28(32-25)24-17-36-27(31-24)20-39(21-11-5-2-6-12-21,22-13-7-3-8-14-22)23-15-9-4-10-16-23;/h2-19H,20H2,1H3;1H/q+1;/p-1. The Hall–Kier alpha value is -4.33. The van der Waals surface area contributed by atoms with Gasteiger partial charge < -0.3 is 35.0 Å². The molecule has 0 aliphatic heterocycles. The number of halogens is 1. The molecular formula is C30H23BrN3O5P. The summed E-state index contributed by atoms with van der Waals surface area (Å²) in [7, 11) is -0.907. The summed E-state index contributed by atoms with van der Waals surface area (Å²) in [6.07, 6.45) is 4.71. The molecule has 10 heteroatoms. The Labute approximate surface area is 241 Å². The van der Waals surface area contributed by atoms with Crippen molar-refractivity contribution in [2.45, 2.75) is 6.16 Å². The molecule has 0 amide bonds. The lowest BCUT2D eigenvalue weighted by Gasteiger charge is -2.26. The summed E-state index contributed by atoms with van der Waals surface area (Å²) in [5.74, 6) is 0.354. The molecule has 200 valence electrons. The fourth-order valence-corrected chi connectivity index (χ4v) is 8.57. The molecule has 3 heterocycles. The molecule has 0 atom stereocenters. The van der Waals surface area contributed by atoms with Crippen molar-refractivity contribution in [3.8, 4) is 23.2 Å². The van der Waals surface area contributed by atoms with Crippen molar-refractivity contribution >= 4 is 29.1 Å². The lowest BCUT2D eigenvalue weighted by Crippen LogP contribution is -3.00. The van der Waals surface area contributed by atoms with Crippen molar-refractivity contribution in [1.29, 1.82) is 0 Å². The molecule has 0 saturated heterocycles. The van der Waals surface area contributed by atoms with Crippen LogP contribution in [0.15, 0.2) is 123 Å². The van der Waals surface area contributed by atoms with Crippen LogP contribution in [0, 0.1) is 0 Å². The smallest absolute Gasteiger partial charge is 0.360 e. The maximum Gasteiger partial charge on any atom is 0.360 e. The molecule has 0 radical (unpaired) electrons. The van der Waals surface area contributed by atoms with Gasteiger partial charge in [0.2, 0.25) is 17.7 Å². The van der Waals surface area contributed by atoms with Crippen LogP contribution in [0.1, 0.15) is 16.4 Å². The first-order valence-electron chi connectivity index (χ1n) is 12.2. The largest absolute Gasteiger partial charge is 1.00 e. The van der Waals surface area contributed by atoms with Crippen LogP contribution in [0.5, 0.6) is 0 Å². The summed E-state index contributed by atoms with van der Waals surface area (Å²) in [5.41, 5.74) is 0.816. The Morgan fingerprint density at radius 1 is 0.675 bits per heavy atom. The van der Waals surface area contributed by atoms with Gasteiger partial charge in [-0.25, -0.2) is 19.7 Å². The third-order valence-electron chi connectivity index (χ3n) is 6.36. The molecule has 0 saturated carbocycles. The van der Waals surface area contributed by atoms with Crippen LogP contribution < -0.4 is 32.9 Å². The van der Waals surface area contributed by atoms with Crippen molar-refractivity contribution in [2.75, 3.05) is 7.11 Å². The predicted octanol–water partition coefficient (Wildman–Crippen LogP) is 2.27. The third-order valence-corrected chi connectivity index (χ3v) is 10.6. The highest BCUT2D eigenvalue weighted by atomic mass is 79.9. The maximum absolute atomic E-state index is 11.7. The number of esters is 1. The van der Waals surface area contributed by atoms with Gasteiger partial charge in [-0.3, -0.25) is 0 Å². The van der Waals surface area contributed by atoms with Gasteiger partial charge in [0.15, 0.2) is 17.1 Å². The van der Waals surface area contributed by atoms with E-state index in [4.69, 9.17) is 18.2 Å². The number of nitrogens with zero attached hydrogens (tertiary/aromatic N) is 3. The number of benzene rings is 3. The number of aromatic nitrogens is 3. The van der Waals surface area contributed by atoms with E-state index in [1.807, 2.05) is 18.2 Å². The molecule has 3 aromatic carbocycles. The Balaban J connectivity index is 0.00000323. The summed E-state index contributed by atoms with van der Waals surface area (Å²) in [5, 5.41) is 3.68. The lowest BCUT2D eigenvalue weighted by atomic mass is 10.4. The number of carbonyl (C=O) groups excluding carboxylic acids is 1. The summed E-state index contributed by atoms with van der Waals surface area (Å²) in [6.45, 7) is 0. The van der Waals surface area contributed by atoms with E-state index in [-0.39, 0.29) is 34.5 Å². The van der Waals surface area contributed by atoms with Crippen LogP contribution in [0.25, 0.3) is 23.2 Å². The summed E-state index contributed by atoms with van der Waals surface area (Å²) < 4.78 is 21.7. The van der Waals surface area contributed by atoms with Gasteiger partial charge in [-0.15, -0.1) is 0 Å². The van der Waals surface area contributed by atoms with Crippen LogP contribution in [0.2, 0.25) is 0 Å². The molecule has 40 heavy (non-hydrogen) atoms. The molecule has 0 bridgehead atoms. The van der Waals surface area contributed by atoms with Crippen LogP contribution in [-0.4, -0.2) is 28.0 Å². The van der Waals surface area contributed by atoms with Crippen LogP contribution in [-0.2, 0) is 10.9 Å². The van der Waals surface area contributed by atoms with Gasteiger partial charge in [-0.2, -0.15) is 0 Å². The number of ether oxygens (including phenoxy) is 1. The first kappa shape index (κ1) is 27.2. The van der Waals surface area contributed by atoms with E-state index in [1.54, 1.807) is 0 Å². The highest BCUT2D eigenvalue weighted by Gasteiger charge is 2.47. The number of hydrogen-bond acceptors (Lipinski definition) is 8. The van der Waals surface area contributed by atoms with Gasteiger partial charge >= 0.3 is 5.97 Å². The van der Waals surface area contributed by atoms with Crippen molar-refractivity contribution in [2.24, 2.45) is 0 Å². The Bertz CT molecular complexity index is 1600. The Kier molecular flexibility index (Phi) is 8.05. The van der Waals surface area contributed by atoms with Crippen LogP contribution >= 0.6 is 7.26 Å².